The molecule has 0 spiro atoms. The number of aromatic nitrogens is 2. The molecule has 0 saturated heterocycles. The predicted molar refractivity (Wildman–Crippen MR) is 132 cm³/mol. The van der Waals surface area contributed by atoms with Gasteiger partial charge >= 0.3 is 11.9 Å². The molecule has 0 fully saturated rings. The quantitative estimate of drug-likeness (QED) is 0.287. The Morgan fingerprint density at radius 1 is 0.972 bits per heavy atom. The lowest BCUT2D eigenvalue weighted by Crippen LogP contribution is -2.36. The largest absolute Gasteiger partial charge is 0.466 e. The lowest BCUT2D eigenvalue weighted by molar-refractivity contribution is -0.384. The van der Waals surface area contributed by atoms with Crippen molar-refractivity contribution >= 4 is 28.7 Å². The van der Waals surface area contributed by atoms with Crippen LogP contribution in [-0.2, 0) is 25.7 Å². The van der Waals surface area contributed by atoms with E-state index in [1.54, 1.807) is 19.9 Å². The molecule has 1 aliphatic rings. The molecule has 4 rings (SSSR count). The average molecular weight is 491 g/mol. The topological polar surface area (TPSA) is 117 Å². The van der Waals surface area contributed by atoms with E-state index in [0.29, 0.717) is 17.0 Å². The van der Waals surface area contributed by atoms with Crippen molar-refractivity contribution in [2.24, 2.45) is 0 Å². The van der Waals surface area contributed by atoms with Gasteiger partial charge in [-0.3, -0.25) is 10.1 Å². The summed E-state index contributed by atoms with van der Waals surface area (Å²) >= 11 is 0. The fourth-order valence-corrected chi connectivity index (χ4v) is 4.73. The zero-order valence-corrected chi connectivity index (χ0v) is 20.6. The first-order valence-electron chi connectivity index (χ1n) is 11.2. The van der Waals surface area contributed by atoms with E-state index in [0.717, 1.165) is 16.9 Å². The van der Waals surface area contributed by atoms with Gasteiger partial charge in [-0.05, 0) is 38.5 Å². The molecule has 0 saturated carbocycles. The van der Waals surface area contributed by atoms with Gasteiger partial charge in [0.25, 0.3) is 5.69 Å². The van der Waals surface area contributed by atoms with E-state index >= 15 is 0 Å². The monoisotopic (exact) mass is 490 g/mol. The Morgan fingerprint density at radius 2 is 1.58 bits per heavy atom. The number of fused-ring (bicyclic) bond motifs is 1. The molecular weight excluding hydrogens is 464 g/mol. The van der Waals surface area contributed by atoms with Crippen molar-refractivity contribution in [1.82, 2.24) is 14.5 Å². The fraction of sp³-hybridized carbons (Fsp3) is 0.269. The van der Waals surface area contributed by atoms with Gasteiger partial charge in [0.2, 0.25) is 0 Å². The van der Waals surface area contributed by atoms with Gasteiger partial charge < -0.3 is 18.9 Å². The Morgan fingerprint density at radius 3 is 2.17 bits per heavy atom. The van der Waals surface area contributed by atoms with Gasteiger partial charge in [0.15, 0.2) is 0 Å². The summed E-state index contributed by atoms with van der Waals surface area (Å²) in [6.07, 6.45) is 0. The van der Waals surface area contributed by atoms with Gasteiger partial charge in [-0.2, -0.15) is 0 Å². The maximum absolute atomic E-state index is 13.1. The number of benzene rings is 2. The molecular formula is C26H26N4O6. The zero-order valence-electron chi connectivity index (χ0n) is 20.6. The van der Waals surface area contributed by atoms with Crippen molar-refractivity contribution in [2.45, 2.75) is 33.4 Å². The summed E-state index contributed by atoms with van der Waals surface area (Å²) in [7, 11) is 2.52. The van der Waals surface area contributed by atoms with Crippen molar-refractivity contribution < 1.29 is 24.0 Å². The van der Waals surface area contributed by atoms with Crippen LogP contribution < -0.4 is 0 Å². The number of nitro benzene ring substituents is 1. The molecule has 3 aromatic rings. The second-order valence-corrected chi connectivity index (χ2v) is 8.41. The highest BCUT2D eigenvalue weighted by Crippen LogP contribution is 2.43. The van der Waals surface area contributed by atoms with Crippen LogP contribution >= 0.6 is 0 Å². The van der Waals surface area contributed by atoms with E-state index < -0.39 is 22.8 Å². The number of para-hydroxylation sites is 2. The number of nitro groups is 1. The number of allylic oxidation sites excluding steroid dienone is 2. The number of carbonyl (C=O) groups excluding carboxylic acids is 2. The molecule has 0 N–H and O–H groups in total. The van der Waals surface area contributed by atoms with Crippen molar-refractivity contribution in [1.29, 1.82) is 0 Å². The normalized spacial score (nSPS) is 14.4. The molecule has 186 valence electrons. The number of non-ortho nitro benzene ring substituents is 1. The van der Waals surface area contributed by atoms with E-state index in [9.17, 15) is 19.7 Å². The Hall–Kier alpha value is -4.47. The molecule has 2 heterocycles. The van der Waals surface area contributed by atoms with E-state index in [1.165, 1.54) is 32.4 Å². The molecule has 2 aromatic carbocycles. The highest BCUT2D eigenvalue weighted by molar-refractivity contribution is 5.99. The fourth-order valence-electron chi connectivity index (χ4n) is 4.73. The molecule has 0 amide bonds. The number of hydrogen-bond donors (Lipinski definition) is 0. The van der Waals surface area contributed by atoms with Gasteiger partial charge in [-0.1, -0.05) is 24.3 Å². The molecule has 10 heteroatoms. The smallest absolute Gasteiger partial charge is 0.336 e. The van der Waals surface area contributed by atoms with Crippen LogP contribution in [0.25, 0.3) is 11.0 Å². The van der Waals surface area contributed by atoms with Gasteiger partial charge in [-0.25, -0.2) is 14.6 Å². The number of methoxy groups -OCH3 is 2. The summed E-state index contributed by atoms with van der Waals surface area (Å²) < 4.78 is 12.2. The molecule has 1 aromatic heterocycles. The van der Waals surface area contributed by atoms with Crippen LogP contribution in [-0.4, -0.2) is 45.5 Å². The third-order valence-corrected chi connectivity index (χ3v) is 6.52. The Balaban J connectivity index is 1.95. The second kappa shape index (κ2) is 9.65. The Bertz CT molecular complexity index is 1410. The van der Waals surface area contributed by atoms with E-state index in [-0.39, 0.29) is 23.5 Å². The number of nitrogens with zero attached hydrogens (tertiary/aromatic N) is 4. The first-order chi connectivity index (χ1) is 17.2. The van der Waals surface area contributed by atoms with Crippen LogP contribution in [0.3, 0.4) is 0 Å². The van der Waals surface area contributed by atoms with E-state index in [4.69, 9.17) is 9.47 Å². The van der Waals surface area contributed by atoms with E-state index in [1.807, 2.05) is 40.7 Å². The SMILES string of the molecule is COC(=O)C1=C(C)N(Cn2c(C)nc3ccccc32)C(C)=C(C(=O)OC)C1c1cccc([N+](=O)[O-])c1. The maximum Gasteiger partial charge on any atom is 0.336 e. The first kappa shape index (κ1) is 24.6. The van der Waals surface area contributed by atoms with Crippen LogP contribution in [0.5, 0.6) is 0 Å². The number of esters is 2. The molecule has 0 radical (unpaired) electrons. The van der Waals surface area contributed by atoms with Crippen molar-refractivity contribution in [3.63, 3.8) is 0 Å². The highest BCUT2D eigenvalue weighted by atomic mass is 16.6. The minimum atomic E-state index is -0.915. The van der Waals surface area contributed by atoms with Crippen molar-refractivity contribution in [3.05, 3.63) is 92.6 Å². The Labute approximate surface area is 207 Å². The third kappa shape index (κ3) is 4.10. The second-order valence-electron chi connectivity index (χ2n) is 8.41. The van der Waals surface area contributed by atoms with Gasteiger partial charge in [0.05, 0.1) is 47.2 Å². The molecule has 36 heavy (non-hydrogen) atoms. The summed E-state index contributed by atoms with van der Waals surface area (Å²) in [5, 5.41) is 11.5. The lowest BCUT2D eigenvalue weighted by atomic mass is 9.79. The van der Waals surface area contributed by atoms with Crippen LogP contribution in [0.1, 0.15) is 31.2 Å². The maximum atomic E-state index is 13.1. The highest BCUT2D eigenvalue weighted by Gasteiger charge is 2.41. The van der Waals surface area contributed by atoms with Crippen LogP contribution in [0.15, 0.2) is 71.1 Å². The summed E-state index contributed by atoms with van der Waals surface area (Å²) in [5.74, 6) is -1.44. The zero-order chi connectivity index (χ0) is 26.1. The average Bonchev–Trinajstić information content (AvgIpc) is 3.19. The molecule has 0 aliphatic carbocycles. The number of carbonyl (C=O) groups is 2. The first-order valence-corrected chi connectivity index (χ1v) is 11.2. The van der Waals surface area contributed by atoms with Crippen LogP contribution in [0.4, 0.5) is 5.69 Å². The summed E-state index contributed by atoms with van der Waals surface area (Å²) in [6, 6.07) is 13.6. The number of rotatable bonds is 6. The molecule has 0 unspecified atom stereocenters. The lowest BCUT2D eigenvalue weighted by Gasteiger charge is -2.38. The van der Waals surface area contributed by atoms with Gasteiger partial charge in [-0.15, -0.1) is 0 Å². The summed E-state index contributed by atoms with van der Waals surface area (Å²) in [5.41, 5.74) is 3.49. The van der Waals surface area contributed by atoms with Crippen molar-refractivity contribution in [3.8, 4) is 0 Å². The van der Waals surface area contributed by atoms with Crippen LogP contribution in [0, 0.1) is 17.0 Å². The number of aryl methyl sites for hydroxylation is 1. The number of hydrogen-bond acceptors (Lipinski definition) is 8. The van der Waals surface area contributed by atoms with E-state index in [2.05, 4.69) is 4.98 Å². The number of ether oxygens (including phenoxy) is 2. The third-order valence-electron chi connectivity index (χ3n) is 6.52. The molecule has 0 bridgehead atoms. The Kier molecular flexibility index (Phi) is 6.61. The molecule has 1 aliphatic heterocycles. The summed E-state index contributed by atoms with van der Waals surface area (Å²) in [4.78, 5) is 43.7. The number of imidazole rings is 1. The molecule has 10 nitrogen and oxygen atoms in total. The molecule has 0 atom stereocenters. The van der Waals surface area contributed by atoms with Gasteiger partial charge in [0, 0.05) is 23.5 Å². The standard InChI is InChI=1S/C26H26N4O6/c1-15-22(25(31)35-4)24(18-9-8-10-19(13-18)30(33)34)23(26(32)36-5)16(2)28(15)14-29-17(3)27-20-11-6-7-12-21(20)29/h6-13,24H,14H2,1-5H3. The van der Waals surface area contributed by atoms with Gasteiger partial charge in [0.1, 0.15) is 12.5 Å². The van der Waals surface area contributed by atoms with Crippen LogP contribution in [0.2, 0.25) is 0 Å². The van der Waals surface area contributed by atoms with Crippen molar-refractivity contribution in [2.75, 3.05) is 14.2 Å². The minimum absolute atomic E-state index is 0.154. The minimum Gasteiger partial charge on any atom is -0.466 e. The summed E-state index contributed by atoms with van der Waals surface area (Å²) in [6.45, 7) is 5.69. The predicted octanol–water partition coefficient (Wildman–Crippen LogP) is 4.20.